The Morgan fingerprint density at radius 3 is 1.79 bits per heavy atom. The molecule has 0 heterocycles. The molecule has 0 aliphatic heterocycles. The minimum atomic E-state index is 1.04. The number of benzene rings is 2. The van der Waals surface area contributed by atoms with Crippen molar-refractivity contribution in [1.29, 1.82) is 0 Å². The first-order chi connectivity index (χ1) is 9.16. The number of rotatable bonds is 0. The molecule has 0 aliphatic carbocycles. The molecule has 0 aromatic heterocycles. The lowest BCUT2D eigenvalue weighted by Gasteiger charge is -2.04. The molecule has 0 radical (unpaired) electrons. The minimum absolute atomic E-state index is 1.04. The highest BCUT2D eigenvalue weighted by Gasteiger charge is 1.98. The third-order valence-corrected chi connectivity index (χ3v) is 2.56. The average molecular weight is 279 g/mol. The predicted octanol–water partition coefficient (Wildman–Crippen LogP) is 6.82. The molecule has 19 heavy (non-hydrogen) atoms. The Bertz CT molecular complexity index is 453. The second kappa shape index (κ2) is 12.1. The highest BCUT2D eigenvalue weighted by Crippen LogP contribution is 2.23. The minimum Gasteiger partial charge on any atom is -0.143 e. The second-order valence-electron chi connectivity index (χ2n) is 3.49. The van der Waals surface area contributed by atoms with Gasteiger partial charge in [-0.25, -0.2) is 0 Å². The summed E-state index contributed by atoms with van der Waals surface area (Å²) in [6.07, 6.45) is 0. The Kier molecular flexibility index (Phi) is 13.0. The molecule has 0 N–H and O–H groups in total. The Morgan fingerprint density at radius 1 is 0.737 bits per heavy atom. The summed E-state index contributed by atoms with van der Waals surface area (Å²) in [6, 6.07) is 10.7. The molecule has 0 spiro atoms. The van der Waals surface area contributed by atoms with Gasteiger partial charge in [0.1, 0.15) is 0 Å². The van der Waals surface area contributed by atoms with E-state index in [1.807, 2.05) is 41.5 Å². The van der Waals surface area contributed by atoms with Crippen LogP contribution < -0.4 is 0 Å². The molecule has 2 rings (SSSR count). The standard InChI is InChI=1S/C12H12S.3C2H6/c1-8-3-4-12-9(2)6-11(13)7-10(12)5-8;3*1-2/h3-7,13H,1-2H3;3*1-2H3. The van der Waals surface area contributed by atoms with E-state index in [2.05, 4.69) is 56.8 Å². The van der Waals surface area contributed by atoms with E-state index in [0.717, 1.165) is 4.90 Å². The van der Waals surface area contributed by atoms with Gasteiger partial charge in [-0.05, 0) is 42.3 Å². The fraction of sp³-hybridized carbons (Fsp3) is 0.444. The van der Waals surface area contributed by atoms with Crippen molar-refractivity contribution in [3.63, 3.8) is 0 Å². The first-order valence-electron chi connectivity index (χ1n) is 7.37. The molecule has 0 nitrogen and oxygen atoms in total. The van der Waals surface area contributed by atoms with Crippen LogP contribution in [0.2, 0.25) is 0 Å². The van der Waals surface area contributed by atoms with Gasteiger partial charge in [-0.1, -0.05) is 65.3 Å². The van der Waals surface area contributed by atoms with Crippen LogP contribution >= 0.6 is 12.6 Å². The Labute approximate surface area is 125 Å². The summed E-state index contributed by atoms with van der Waals surface area (Å²) < 4.78 is 0. The summed E-state index contributed by atoms with van der Waals surface area (Å²) in [4.78, 5) is 1.04. The maximum Gasteiger partial charge on any atom is 0.00490 e. The Balaban J connectivity index is 0. The van der Waals surface area contributed by atoms with Crippen LogP contribution in [0.15, 0.2) is 35.2 Å². The van der Waals surface area contributed by atoms with Crippen LogP contribution in [0, 0.1) is 13.8 Å². The van der Waals surface area contributed by atoms with Crippen molar-refractivity contribution in [2.45, 2.75) is 60.3 Å². The molecule has 2 aromatic carbocycles. The molecule has 1 heteroatoms. The summed E-state index contributed by atoms with van der Waals surface area (Å²) in [7, 11) is 0. The smallest absolute Gasteiger partial charge is 0.00490 e. The Morgan fingerprint density at radius 2 is 1.26 bits per heavy atom. The van der Waals surface area contributed by atoms with Crippen LogP contribution in [0.4, 0.5) is 0 Å². The van der Waals surface area contributed by atoms with Gasteiger partial charge in [0.2, 0.25) is 0 Å². The van der Waals surface area contributed by atoms with Crippen molar-refractivity contribution < 1.29 is 0 Å². The second-order valence-corrected chi connectivity index (χ2v) is 4.00. The van der Waals surface area contributed by atoms with E-state index in [4.69, 9.17) is 0 Å². The highest BCUT2D eigenvalue weighted by molar-refractivity contribution is 7.80. The van der Waals surface area contributed by atoms with Crippen LogP contribution in [0.3, 0.4) is 0 Å². The van der Waals surface area contributed by atoms with Crippen molar-refractivity contribution in [2.75, 3.05) is 0 Å². The molecule has 0 bridgehead atoms. The van der Waals surface area contributed by atoms with Gasteiger partial charge in [0.05, 0.1) is 0 Å². The summed E-state index contributed by atoms with van der Waals surface area (Å²) in [5, 5.41) is 2.61. The molecule has 0 saturated carbocycles. The maximum atomic E-state index is 4.36. The SMILES string of the molecule is CC.CC.CC.Cc1ccc2c(C)cc(S)cc2c1. The van der Waals surface area contributed by atoms with Crippen molar-refractivity contribution >= 4 is 23.4 Å². The number of aryl methyl sites for hydroxylation is 2. The molecule has 108 valence electrons. The van der Waals surface area contributed by atoms with Gasteiger partial charge in [0.15, 0.2) is 0 Å². The van der Waals surface area contributed by atoms with Crippen LogP contribution in [0.5, 0.6) is 0 Å². The molecule has 2 aromatic rings. The van der Waals surface area contributed by atoms with Gasteiger partial charge in [0, 0.05) is 4.90 Å². The van der Waals surface area contributed by atoms with Crippen LogP contribution in [0.25, 0.3) is 10.8 Å². The summed E-state index contributed by atoms with van der Waals surface area (Å²) in [5.74, 6) is 0. The van der Waals surface area contributed by atoms with E-state index in [0.29, 0.717) is 0 Å². The molecule has 0 amide bonds. The van der Waals surface area contributed by atoms with E-state index >= 15 is 0 Å². The van der Waals surface area contributed by atoms with Gasteiger partial charge >= 0.3 is 0 Å². The fourth-order valence-corrected chi connectivity index (χ4v) is 1.99. The van der Waals surface area contributed by atoms with E-state index in [-0.39, 0.29) is 0 Å². The van der Waals surface area contributed by atoms with Gasteiger partial charge in [-0.15, -0.1) is 12.6 Å². The third kappa shape index (κ3) is 6.68. The van der Waals surface area contributed by atoms with Crippen molar-refractivity contribution in [1.82, 2.24) is 0 Å². The normalized spacial score (nSPS) is 8.26. The monoisotopic (exact) mass is 278 g/mol. The zero-order valence-corrected chi connectivity index (χ0v) is 14.7. The lowest BCUT2D eigenvalue weighted by atomic mass is 10.0. The molecule has 0 fully saturated rings. The van der Waals surface area contributed by atoms with Gasteiger partial charge in [-0.2, -0.15) is 0 Å². The summed E-state index contributed by atoms with van der Waals surface area (Å²) in [6.45, 7) is 16.2. The summed E-state index contributed by atoms with van der Waals surface area (Å²) in [5.41, 5.74) is 2.59. The number of hydrogen-bond acceptors (Lipinski definition) is 1. The van der Waals surface area contributed by atoms with Crippen LogP contribution in [0.1, 0.15) is 52.7 Å². The van der Waals surface area contributed by atoms with E-state index < -0.39 is 0 Å². The van der Waals surface area contributed by atoms with Crippen molar-refractivity contribution in [3.8, 4) is 0 Å². The lowest BCUT2D eigenvalue weighted by Crippen LogP contribution is -1.80. The van der Waals surface area contributed by atoms with Crippen LogP contribution in [-0.4, -0.2) is 0 Å². The van der Waals surface area contributed by atoms with Gasteiger partial charge < -0.3 is 0 Å². The van der Waals surface area contributed by atoms with Crippen molar-refractivity contribution in [3.05, 3.63) is 41.5 Å². The fourth-order valence-electron chi connectivity index (χ4n) is 1.66. The average Bonchev–Trinajstić information content (AvgIpc) is 2.44. The summed E-state index contributed by atoms with van der Waals surface area (Å²) >= 11 is 4.36. The number of thiol groups is 1. The largest absolute Gasteiger partial charge is 0.143 e. The van der Waals surface area contributed by atoms with Gasteiger partial charge in [0.25, 0.3) is 0 Å². The quantitative estimate of drug-likeness (QED) is 0.502. The van der Waals surface area contributed by atoms with E-state index in [1.54, 1.807) is 0 Å². The Hall–Kier alpha value is -0.950. The van der Waals surface area contributed by atoms with E-state index in [9.17, 15) is 0 Å². The molecule has 0 atom stereocenters. The predicted molar refractivity (Wildman–Crippen MR) is 94.7 cm³/mol. The van der Waals surface area contributed by atoms with E-state index in [1.165, 1.54) is 21.9 Å². The first-order valence-corrected chi connectivity index (χ1v) is 7.81. The maximum absolute atomic E-state index is 4.36. The first kappa shape index (κ1) is 20.4. The van der Waals surface area contributed by atoms with Crippen LogP contribution in [-0.2, 0) is 0 Å². The lowest BCUT2D eigenvalue weighted by molar-refractivity contribution is 1.40. The third-order valence-electron chi connectivity index (χ3n) is 2.30. The highest BCUT2D eigenvalue weighted by atomic mass is 32.1. The molecule has 0 saturated heterocycles. The topological polar surface area (TPSA) is 0 Å². The number of hydrogen-bond donors (Lipinski definition) is 1. The number of fused-ring (bicyclic) bond motifs is 1. The zero-order chi connectivity index (χ0) is 15.4. The molecular formula is C18H30S. The molecular weight excluding hydrogens is 248 g/mol. The molecule has 0 unspecified atom stereocenters. The van der Waals surface area contributed by atoms with Crippen molar-refractivity contribution in [2.24, 2.45) is 0 Å². The molecule has 0 aliphatic rings. The zero-order valence-electron chi connectivity index (χ0n) is 13.8. The van der Waals surface area contributed by atoms with Gasteiger partial charge in [-0.3, -0.25) is 0 Å².